The number of halogens is 1. The zero-order chi connectivity index (χ0) is 16.1. The molecular weight excluding hydrogens is 318 g/mol. The lowest BCUT2D eigenvalue weighted by atomic mass is 9.90. The van der Waals surface area contributed by atoms with Crippen LogP contribution >= 0.6 is 12.4 Å². The summed E-state index contributed by atoms with van der Waals surface area (Å²) in [6.07, 6.45) is 0.875. The van der Waals surface area contributed by atoms with Crippen molar-refractivity contribution in [3.63, 3.8) is 0 Å². The zero-order valence-corrected chi connectivity index (χ0v) is 14.0. The summed E-state index contributed by atoms with van der Waals surface area (Å²) in [7, 11) is 1.44. The van der Waals surface area contributed by atoms with Crippen LogP contribution in [0.4, 0.5) is 0 Å². The highest BCUT2D eigenvalue weighted by Crippen LogP contribution is 2.30. The minimum atomic E-state index is -0.358. The van der Waals surface area contributed by atoms with Crippen molar-refractivity contribution in [2.24, 2.45) is 11.1 Å². The van der Waals surface area contributed by atoms with E-state index in [1.54, 1.807) is 17.0 Å². The van der Waals surface area contributed by atoms with Crippen molar-refractivity contribution in [1.82, 2.24) is 9.80 Å². The number of nitrogens with zero attached hydrogens (tertiary/aromatic N) is 2. The van der Waals surface area contributed by atoms with Crippen LogP contribution in [0.5, 0.6) is 0 Å². The number of carbonyl (C=O) groups excluding carboxylic acids is 3. The van der Waals surface area contributed by atoms with Crippen molar-refractivity contribution in [3.8, 4) is 0 Å². The smallest absolute Gasteiger partial charge is 0.261 e. The molecule has 0 bridgehead atoms. The van der Waals surface area contributed by atoms with E-state index in [1.807, 2.05) is 0 Å². The van der Waals surface area contributed by atoms with Gasteiger partial charge in [0.15, 0.2) is 0 Å². The summed E-state index contributed by atoms with van der Waals surface area (Å²) in [4.78, 5) is 39.3. The van der Waals surface area contributed by atoms with Gasteiger partial charge in [-0.2, -0.15) is 0 Å². The number of fused-ring (bicyclic) bond motifs is 1. The third-order valence-corrected chi connectivity index (χ3v) is 4.67. The van der Waals surface area contributed by atoms with Gasteiger partial charge in [0, 0.05) is 25.7 Å². The van der Waals surface area contributed by atoms with Crippen LogP contribution in [0.25, 0.3) is 0 Å². The van der Waals surface area contributed by atoms with Crippen molar-refractivity contribution in [2.45, 2.75) is 13.3 Å². The number of hydrogen-bond donors (Lipinski definition) is 1. The molecule has 2 aliphatic heterocycles. The van der Waals surface area contributed by atoms with E-state index in [9.17, 15) is 14.4 Å². The maximum atomic E-state index is 12.6. The lowest BCUT2D eigenvalue weighted by molar-refractivity contribution is 0.0692. The van der Waals surface area contributed by atoms with Gasteiger partial charge < -0.3 is 10.6 Å². The Morgan fingerprint density at radius 3 is 2.52 bits per heavy atom. The second-order valence-corrected chi connectivity index (χ2v) is 6.42. The minimum absolute atomic E-state index is 0. The second kappa shape index (κ2) is 5.94. The topological polar surface area (TPSA) is 83.7 Å². The molecule has 2 N–H and O–H groups in total. The Hall–Kier alpha value is -1.92. The molecule has 1 aromatic carbocycles. The summed E-state index contributed by atoms with van der Waals surface area (Å²) < 4.78 is 0. The van der Waals surface area contributed by atoms with Gasteiger partial charge in [-0.25, -0.2) is 0 Å². The fourth-order valence-electron chi connectivity index (χ4n) is 3.04. The molecule has 23 heavy (non-hydrogen) atoms. The summed E-state index contributed by atoms with van der Waals surface area (Å²) in [6, 6.07) is 4.70. The number of benzene rings is 1. The van der Waals surface area contributed by atoms with E-state index in [-0.39, 0.29) is 35.5 Å². The lowest BCUT2D eigenvalue weighted by Gasteiger charge is -2.22. The molecule has 0 spiro atoms. The second-order valence-electron chi connectivity index (χ2n) is 6.42. The first-order valence-electron chi connectivity index (χ1n) is 7.32. The Labute approximate surface area is 141 Å². The van der Waals surface area contributed by atoms with E-state index in [4.69, 9.17) is 5.73 Å². The Balaban J connectivity index is 0.00000192. The van der Waals surface area contributed by atoms with Crippen molar-refractivity contribution < 1.29 is 14.4 Å². The largest absolute Gasteiger partial charge is 0.338 e. The Morgan fingerprint density at radius 2 is 1.91 bits per heavy atom. The molecule has 2 heterocycles. The lowest BCUT2D eigenvalue weighted by Crippen LogP contribution is -2.34. The molecule has 3 amide bonds. The van der Waals surface area contributed by atoms with Crippen LogP contribution in [-0.2, 0) is 0 Å². The minimum Gasteiger partial charge on any atom is -0.338 e. The summed E-state index contributed by atoms with van der Waals surface area (Å²) >= 11 is 0. The summed E-state index contributed by atoms with van der Waals surface area (Å²) in [5, 5.41) is 0. The molecule has 1 atom stereocenters. The first-order chi connectivity index (χ1) is 10.4. The highest BCUT2D eigenvalue weighted by atomic mass is 35.5. The molecule has 6 nitrogen and oxygen atoms in total. The van der Waals surface area contributed by atoms with Crippen LogP contribution in [-0.4, -0.2) is 54.2 Å². The van der Waals surface area contributed by atoms with E-state index in [0.29, 0.717) is 36.3 Å². The van der Waals surface area contributed by atoms with E-state index in [1.165, 1.54) is 13.1 Å². The molecule has 0 saturated carbocycles. The predicted octanol–water partition coefficient (Wildman–Crippen LogP) is 1.15. The molecule has 3 rings (SSSR count). The van der Waals surface area contributed by atoms with Gasteiger partial charge in [0.1, 0.15) is 0 Å². The standard InChI is InChI=1S/C16H19N3O3.ClH/c1-16(8-17)5-6-19(9-16)13(20)10-3-4-11-12(7-10)15(22)18(2)14(11)21;/h3-4,7H,5-6,8-9,17H2,1-2H3;1H. The van der Waals surface area contributed by atoms with Gasteiger partial charge in [0.25, 0.3) is 17.7 Å². The summed E-state index contributed by atoms with van der Waals surface area (Å²) in [6.45, 7) is 3.89. The fraction of sp³-hybridized carbons (Fsp3) is 0.438. The van der Waals surface area contributed by atoms with Gasteiger partial charge in [-0.05, 0) is 36.6 Å². The molecule has 0 radical (unpaired) electrons. The zero-order valence-electron chi connectivity index (χ0n) is 13.2. The molecule has 0 aliphatic carbocycles. The van der Waals surface area contributed by atoms with E-state index < -0.39 is 0 Å². The highest BCUT2D eigenvalue weighted by Gasteiger charge is 2.37. The summed E-state index contributed by atoms with van der Waals surface area (Å²) in [5.74, 6) is -0.798. The average molecular weight is 338 g/mol. The molecule has 0 aromatic heterocycles. The van der Waals surface area contributed by atoms with Crippen molar-refractivity contribution >= 4 is 30.1 Å². The van der Waals surface area contributed by atoms with E-state index in [2.05, 4.69) is 6.92 Å². The third kappa shape index (κ3) is 2.72. The van der Waals surface area contributed by atoms with Crippen LogP contribution in [0.2, 0.25) is 0 Å². The number of hydrogen-bond acceptors (Lipinski definition) is 4. The van der Waals surface area contributed by atoms with Crippen LogP contribution in [0, 0.1) is 5.41 Å². The Kier molecular flexibility index (Phi) is 4.50. The molecule has 1 unspecified atom stereocenters. The van der Waals surface area contributed by atoms with Crippen LogP contribution in [0.3, 0.4) is 0 Å². The normalized spacial score (nSPS) is 23.1. The fourth-order valence-corrected chi connectivity index (χ4v) is 3.04. The third-order valence-electron chi connectivity index (χ3n) is 4.67. The SMILES string of the molecule is CN1C(=O)c2ccc(C(=O)N3CCC(C)(CN)C3)cc2C1=O.Cl. The van der Waals surface area contributed by atoms with Crippen molar-refractivity contribution in [1.29, 1.82) is 0 Å². The van der Waals surface area contributed by atoms with Crippen LogP contribution < -0.4 is 5.73 Å². The van der Waals surface area contributed by atoms with Gasteiger partial charge in [0.2, 0.25) is 0 Å². The molecule has 1 saturated heterocycles. The monoisotopic (exact) mass is 337 g/mol. The first kappa shape index (κ1) is 17.4. The number of nitrogens with two attached hydrogens (primary N) is 1. The van der Waals surface area contributed by atoms with Crippen molar-refractivity contribution in [3.05, 3.63) is 34.9 Å². The van der Waals surface area contributed by atoms with Crippen molar-refractivity contribution in [2.75, 3.05) is 26.7 Å². The molecule has 1 fully saturated rings. The maximum absolute atomic E-state index is 12.6. The molecular formula is C16H20ClN3O3. The Bertz CT molecular complexity index is 691. The predicted molar refractivity (Wildman–Crippen MR) is 87.8 cm³/mol. The number of imide groups is 1. The van der Waals surface area contributed by atoms with Gasteiger partial charge in [-0.1, -0.05) is 6.92 Å². The first-order valence-corrected chi connectivity index (χ1v) is 7.32. The highest BCUT2D eigenvalue weighted by molar-refractivity contribution is 6.21. The average Bonchev–Trinajstić information content (AvgIpc) is 3.02. The molecule has 124 valence electrons. The number of carbonyl (C=O) groups is 3. The number of rotatable bonds is 2. The van der Waals surface area contributed by atoms with Gasteiger partial charge >= 0.3 is 0 Å². The number of likely N-dealkylation sites (tertiary alicyclic amines) is 1. The van der Waals surface area contributed by atoms with E-state index in [0.717, 1.165) is 11.3 Å². The van der Waals surface area contributed by atoms with Gasteiger partial charge in [-0.15, -0.1) is 12.4 Å². The molecule has 7 heteroatoms. The molecule has 2 aliphatic rings. The number of amides is 3. The van der Waals surface area contributed by atoms with Crippen LogP contribution in [0.15, 0.2) is 18.2 Å². The van der Waals surface area contributed by atoms with Gasteiger partial charge in [0.05, 0.1) is 11.1 Å². The van der Waals surface area contributed by atoms with Gasteiger partial charge in [-0.3, -0.25) is 19.3 Å². The van der Waals surface area contributed by atoms with E-state index >= 15 is 0 Å². The maximum Gasteiger partial charge on any atom is 0.261 e. The Morgan fingerprint density at radius 1 is 1.26 bits per heavy atom. The summed E-state index contributed by atoms with van der Waals surface area (Å²) in [5.41, 5.74) is 6.83. The molecule has 1 aromatic rings. The van der Waals surface area contributed by atoms with Crippen LogP contribution in [0.1, 0.15) is 44.4 Å². The quantitative estimate of drug-likeness (QED) is 0.820.